The Kier molecular flexibility index (Phi) is 6.23. The first kappa shape index (κ1) is 16.4. The van der Waals surface area contributed by atoms with Gasteiger partial charge in [-0.3, -0.25) is 9.69 Å². The highest BCUT2D eigenvalue weighted by Crippen LogP contribution is 2.14. The number of rotatable bonds is 7. The van der Waals surface area contributed by atoms with E-state index in [0.29, 0.717) is 12.6 Å². The molecule has 1 amide bonds. The Hall–Kier alpha value is -0.650. The molecule has 2 unspecified atom stereocenters. The smallest absolute Gasteiger partial charge is 0.238 e. The van der Waals surface area contributed by atoms with Crippen molar-refractivity contribution in [1.82, 2.24) is 15.1 Å². The van der Waals surface area contributed by atoms with E-state index in [1.165, 1.54) is 0 Å². The maximum Gasteiger partial charge on any atom is 0.238 e. The SMILES string of the molecule is CCCNC(C)(CN1CCN(C)C(CC)C1)C(N)=O. The fraction of sp³-hybridized carbons (Fsp3) is 0.929. The summed E-state index contributed by atoms with van der Waals surface area (Å²) in [5.41, 5.74) is 4.96. The van der Waals surface area contributed by atoms with E-state index in [4.69, 9.17) is 5.73 Å². The number of primary amides is 1. The number of amides is 1. The summed E-state index contributed by atoms with van der Waals surface area (Å²) < 4.78 is 0. The van der Waals surface area contributed by atoms with E-state index in [2.05, 4.69) is 36.0 Å². The van der Waals surface area contributed by atoms with E-state index in [9.17, 15) is 4.79 Å². The molecule has 1 fully saturated rings. The fourth-order valence-corrected chi connectivity index (χ4v) is 2.66. The molecule has 5 nitrogen and oxygen atoms in total. The summed E-state index contributed by atoms with van der Waals surface area (Å²) in [6.07, 6.45) is 2.14. The van der Waals surface area contributed by atoms with Crippen LogP contribution in [0.2, 0.25) is 0 Å². The molecule has 1 saturated heterocycles. The van der Waals surface area contributed by atoms with Gasteiger partial charge in [0.05, 0.1) is 0 Å². The average molecular weight is 270 g/mol. The highest BCUT2D eigenvalue weighted by atomic mass is 16.1. The van der Waals surface area contributed by atoms with Crippen LogP contribution in [0.4, 0.5) is 0 Å². The molecule has 3 N–H and O–H groups in total. The van der Waals surface area contributed by atoms with Crippen molar-refractivity contribution in [3.63, 3.8) is 0 Å². The van der Waals surface area contributed by atoms with Crippen molar-refractivity contribution in [3.05, 3.63) is 0 Å². The third kappa shape index (κ3) is 4.44. The van der Waals surface area contributed by atoms with Gasteiger partial charge in [0.25, 0.3) is 0 Å². The summed E-state index contributed by atoms with van der Waals surface area (Å²) in [6, 6.07) is 0.581. The van der Waals surface area contributed by atoms with Gasteiger partial charge in [-0.05, 0) is 33.4 Å². The molecule has 0 saturated carbocycles. The first-order chi connectivity index (χ1) is 8.92. The maximum absolute atomic E-state index is 11.7. The van der Waals surface area contributed by atoms with Gasteiger partial charge in [0, 0.05) is 32.2 Å². The molecule has 1 heterocycles. The molecule has 0 bridgehead atoms. The molecule has 0 aromatic rings. The Bertz CT molecular complexity index is 297. The molecule has 0 aromatic carbocycles. The number of hydrogen-bond acceptors (Lipinski definition) is 4. The van der Waals surface area contributed by atoms with E-state index in [0.717, 1.165) is 39.0 Å². The van der Waals surface area contributed by atoms with Crippen LogP contribution in [0.3, 0.4) is 0 Å². The number of carbonyl (C=O) groups is 1. The van der Waals surface area contributed by atoms with Gasteiger partial charge in [0.1, 0.15) is 5.54 Å². The lowest BCUT2D eigenvalue weighted by Gasteiger charge is -2.42. The molecule has 5 heteroatoms. The Labute approximate surface area is 117 Å². The van der Waals surface area contributed by atoms with Gasteiger partial charge in [-0.15, -0.1) is 0 Å². The van der Waals surface area contributed by atoms with Gasteiger partial charge in [-0.1, -0.05) is 13.8 Å². The van der Waals surface area contributed by atoms with Gasteiger partial charge < -0.3 is 16.0 Å². The van der Waals surface area contributed by atoms with Crippen molar-refractivity contribution in [2.45, 2.75) is 45.2 Å². The zero-order valence-electron chi connectivity index (χ0n) is 12.9. The zero-order chi connectivity index (χ0) is 14.5. The quantitative estimate of drug-likeness (QED) is 0.696. The van der Waals surface area contributed by atoms with Crippen molar-refractivity contribution in [2.75, 3.05) is 39.8 Å². The molecule has 19 heavy (non-hydrogen) atoms. The van der Waals surface area contributed by atoms with Gasteiger partial charge in [0.2, 0.25) is 5.91 Å². The summed E-state index contributed by atoms with van der Waals surface area (Å²) in [5, 5.41) is 3.31. The van der Waals surface area contributed by atoms with Gasteiger partial charge in [-0.2, -0.15) is 0 Å². The number of nitrogens with zero attached hydrogens (tertiary/aromatic N) is 2. The van der Waals surface area contributed by atoms with E-state index >= 15 is 0 Å². The van der Waals surface area contributed by atoms with E-state index in [1.54, 1.807) is 0 Å². The first-order valence-electron chi connectivity index (χ1n) is 7.40. The van der Waals surface area contributed by atoms with E-state index in [-0.39, 0.29) is 5.91 Å². The average Bonchev–Trinajstić information content (AvgIpc) is 2.38. The second kappa shape index (κ2) is 7.22. The van der Waals surface area contributed by atoms with Crippen LogP contribution < -0.4 is 11.1 Å². The normalized spacial score (nSPS) is 25.2. The molecule has 2 atom stereocenters. The van der Waals surface area contributed by atoms with Crippen LogP contribution in [-0.2, 0) is 4.79 Å². The summed E-state index contributed by atoms with van der Waals surface area (Å²) >= 11 is 0. The number of nitrogens with one attached hydrogen (secondary N) is 1. The van der Waals surface area contributed by atoms with Crippen molar-refractivity contribution < 1.29 is 4.79 Å². The van der Waals surface area contributed by atoms with Crippen molar-refractivity contribution in [2.24, 2.45) is 5.73 Å². The predicted octanol–water partition coefficient (Wildman–Crippen LogP) is 0.256. The van der Waals surface area contributed by atoms with Gasteiger partial charge in [0.15, 0.2) is 0 Å². The third-order valence-electron chi connectivity index (χ3n) is 4.18. The molecular formula is C14H30N4O. The minimum atomic E-state index is -0.621. The summed E-state index contributed by atoms with van der Waals surface area (Å²) in [7, 11) is 2.17. The molecule has 1 aliphatic heterocycles. The molecule has 1 rings (SSSR count). The maximum atomic E-state index is 11.7. The lowest BCUT2D eigenvalue weighted by molar-refractivity contribution is -0.125. The number of likely N-dealkylation sites (N-methyl/N-ethyl adjacent to an activating group) is 1. The molecule has 1 aliphatic rings. The topological polar surface area (TPSA) is 61.6 Å². The third-order valence-corrected chi connectivity index (χ3v) is 4.18. The van der Waals surface area contributed by atoms with Crippen LogP contribution >= 0.6 is 0 Å². The molecule has 0 radical (unpaired) electrons. The minimum Gasteiger partial charge on any atom is -0.368 e. The number of carbonyl (C=O) groups excluding carboxylic acids is 1. The standard InChI is InChI=1S/C14H30N4O/c1-5-7-16-14(3,13(15)19)11-18-9-8-17(4)12(6-2)10-18/h12,16H,5-11H2,1-4H3,(H2,15,19). The van der Waals surface area contributed by atoms with Crippen molar-refractivity contribution in [1.29, 1.82) is 0 Å². The zero-order valence-corrected chi connectivity index (χ0v) is 12.9. The highest BCUT2D eigenvalue weighted by Gasteiger charge is 2.34. The second-order valence-electron chi connectivity index (χ2n) is 5.90. The van der Waals surface area contributed by atoms with E-state index in [1.807, 2.05) is 6.92 Å². The van der Waals surface area contributed by atoms with E-state index < -0.39 is 5.54 Å². The van der Waals surface area contributed by atoms with Crippen LogP contribution in [0, 0.1) is 0 Å². The van der Waals surface area contributed by atoms with Gasteiger partial charge >= 0.3 is 0 Å². The molecule has 0 aliphatic carbocycles. The lowest BCUT2D eigenvalue weighted by atomic mass is 9.99. The largest absolute Gasteiger partial charge is 0.368 e. The Morgan fingerprint density at radius 2 is 2.11 bits per heavy atom. The first-order valence-corrected chi connectivity index (χ1v) is 7.40. The summed E-state index contributed by atoms with van der Waals surface area (Å²) in [5.74, 6) is -0.257. The molecule has 0 spiro atoms. The van der Waals surface area contributed by atoms with Crippen LogP contribution in [0.25, 0.3) is 0 Å². The number of hydrogen-bond donors (Lipinski definition) is 2. The Morgan fingerprint density at radius 3 is 2.63 bits per heavy atom. The number of nitrogens with two attached hydrogens (primary N) is 1. The lowest BCUT2D eigenvalue weighted by Crippen LogP contribution is -2.62. The van der Waals surface area contributed by atoms with Crippen LogP contribution in [0.5, 0.6) is 0 Å². The summed E-state index contributed by atoms with van der Waals surface area (Å²) in [4.78, 5) is 16.5. The van der Waals surface area contributed by atoms with Crippen LogP contribution in [0.15, 0.2) is 0 Å². The highest BCUT2D eigenvalue weighted by molar-refractivity contribution is 5.84. The van der Waals surface area contributed by atoms with Crippen LogP contribution in [-0.4, -0.2) is 67.1 Å². The fourth-order valence-electron chi connectivity index (χ4n) is 2.66. The Balaban J connectivity index is 2.61. The predicted molar refractivity (Wildman–Crippen MR) is 79.0 cm³/mol. The van der Waals surface area contributed by atoms with Gasteiger partial charge in [-0.25, -0.2) is 0 Å². The number of piperazine rings is 1. The Morgan fingerprint density at radius 1 is 1.42 bits per heavy atom. The molecule has 0 aromatic heterocycles. The second-order valence-corrected chi connectivity index (χ2v) is 5.90. The monoisotopic (exact) mass is 270 g/mol. The summed E-state index contributed by atoms with van der Waals surface area (Å²) in [6.45, 7) is 10.8. The molecular weight excluding hydrogens is 240 g/mol. The molecule has 112 valence electrons. The van der Waals surface area contributed by atoms with Crippen molar-refractivity contribution >= 4 is 5.91 Å². The van der Waals surface area contributed by atoms with Crippen molar-refractivity contribution in [3.8, 4) is 0 Å². The minimum absolute atomic E-state index is 0.257. The van der Waals surface area contributed by atoms with Crippen LogP contribution in [0.1, 0.15) is 33.6 Å².